The number of methoxy groups -OCH3 is 1. The van der Waals surface area contributed by atoms with Crippen LogP contribution < -0.4 is 26.3 Å². The maximum Gasteiger partial charge on any atom is 0.418 e. The highest BCUT2D eigenvalue weighted by atomic mass is 16.6. The van der Waals surface area contributed by atoms with Gasteiger partial charge in [0.1, 0.15) is 0 Å². The van der Waals surface area contributed by atoms with Crippen LogP contribution in [0.15, 0.2) is 30.3 Å². The van der Waals surface area contributed by atoms with Crippen molar-refractivity contribution in [2.45, 2.75) is 0 Å². The smallest absolute Gasteiger partial charge is 0.418 e. The number of hydrogen-bond acceptors (Lipinski definition) is 7. The number of nitrogen functional groups attached to an aromatic ring is 2. The SMILES string of the molecule is COc1nc(N)nc(OC(=O)Nc2ccccc2)c1N. The van der Waals surface area contributed by atoms with E-state index in [-0.39, 0.29) is 23.4 Å². The molecule has 0 spiro atoms. The van der Waals surface area contributed by atoms with Crippen LogP contribution in [-0.4, -0.2) is 23.2 Å². The van der Waals surface area contributed by atoms with Crippen molar-refractivity contribution in [2.75, 3.05) is 23.9 Å². The third-order valence-corrected chi connectivity index (χ3v) is 2.30. The van der Waals surface area contributed by atoms with E-state index in [2.05, 4.69) is 15.3 Å². The van der Waals surface area contributed by atoms with E-state index >= 15 is 0 Å². The number of nitrogens with two attached hydrogens (primary N) is 2. The van der Waals surface area contributed by atoms with Gasteiger partial charge in [-0.15, -0.1) is 0 Å². The van der Waals surface area contributed by atoms with E-state index in [1.54, 1.807) is 24.3 Å². The van der Waals surface area contributed by atoms with Crippen LogP contribution >= 0.6 is 0 Å². The fourth-order valence-corrected chi connectivity index (χ4v) is 1.43. The van der Waals surface area contributed by atoms with Crippen molar-refractivity contribution in [3.63, 3.8) is 0 Å². The summed E-state index contributed by atoms with van der Waals surface area (Å²) in [7, 11) is 1.37. The molecule has 0 saturated heterocycles. The molecule has 0 aliphatic rings. The molecule has 2 rings (SSSR count). The third-order valence-electron chi connectivity index (χ3n) is 2.30. The highest BCUT2D eigenvalue weighted by molar-refractivity contribution is 5.86. The summed E-state index contributed by atoms with van der Waals surface area (Å²) in [6.45, 7) is 0. The Balaban J connectivity index is 2.14. The van der Waals surface area contributed by atoms with E-state index < -0.39 is 6.09 Å². The highest BCUT2D eigenvalue weighted by Gasteiger charge is 2.15. The maximum atomic E-state index is 11.7. The number of hydrogen-bond donors (Lipinski definition) is 3. The van der Waals surface area contributed by atoms with Crippen LogP contribution in [0.25, 0.3) is 0 Å². The van der Waals surface area contributed by atoms with Gasteiger partial charge in [-0.1, -0.05) is 18.2 Å². The number of carbonyl (C=O) groups is 1. The molecule has 1 heterocycles. The van der Waals surface area contributed by atoms with E-state index in [0.717, 1.165) is 0 Å². The minimum absolute atomic E-state index is 0.00934. The number of carbonyl (C=O) groups excluding carboxylic acids is 1. The molecule has 0 bridgehead atoms. The zero-order valence-electron chi connectivity index (χ0n) is 10.7. The first kappa shape index (κ1) is 13.4. The molecule has 0 fully saturated rings. The summed E-state index contributed by atoms with van der Waals surface area (Å²) < 4.78 is 9.88. The lowest BCUT2D eigenvalue weighted by Crippen LogP contribution is -2.19. The topological polar surface area (TPSA) is 125 Å². The standard InChI is InChI=1S/C12H13N5O3/c1-19-9-8(13)10(17-11(14)16-9)20-12(18)15-7-5-3-2-4-6-7/h2-6H,13H2,1H3,(H,15,18)(H2,14,16,17). The van der Waals surface area contributed by atoms with Crippen molar-refractivity contribution in [2.24, 2.45) is 0 Å². The van der Waals surface area contributed by atoms with Crippen molar-refractivity contribution in [3.8, 4) is 11.8 Å². The van der Waals surface area contributed by atoms with Crippen LogP contribution in [0.5, 0.6) is 11.8 Å². The Morgan fingerprint density at radius 3 is 2.45 bits per heavy atom. The molecule has 5 N–H and O–H groups in total. The summed E-state index contributed by atoms with van der Waals surface area (Å²) in [5.41, 5.74) is 11.7. The van der Waals surface area contributed by atoms with Gasteiger partial charge < -0.3 is 20.9 Å². The van der Waals surface area contributed by atoms with E-state index in [9.17, 15) is 4.79 Å². The molecular weight excluding hydrogens is 262 g/mol. The van der Waals surface area contributed by atoms with Crippen LogP contribution in [0.2, 0.25) is 0 Å². The van der Waals surface area contributed by atoms with Gasteiger partial charge in [0.15, 0.2) is 5.69 Å². The summed E-state index contributed by atoms with van der Waals surface area (Å²) in [6, 6.07) is 8.79. The van der Waals surface area contributed by atoms with E-state index in [1.165, 1.54) is 7.11 Å². The van der Waals surface area contributed by atoms with Crippen molar-refractivity contribution >= 4 is 23.4 Å². The number of nitrogens with zero attached hydrogens (tertiary/aromatic N) is 2. The minimum Gasteiger partial charge on any atom is -0.479 e. The fraction of sp³-hybridized carbons (Fsp3) is 0.0833. The van der Waals surface area contributed by atoms with Crippen molar-refractivity contribution in [1.29, 1.82) is 0 Å². The van der Waals surface area contributed by atoms with Crippen LogP contribution in [-0.2, 0) is 0 Å². The lowest BCUT2D eigenvalue weighted by molar-refractivity contribution is 0.213. The molecule has 1 amide bonds. The molecule has 20 heavy (non-hydrogen) atoms. The number of para-hydroxylation sites is 1. The lowest BCUT2D eigenvalue weighted by Gasteiger charge is -2.10. The van der Waals surface area contributed by atoms with Crippen molar-refractivity contribution in [1.82, 2.24) is 9.97 Å². The molecule has 0 aliphatic heterocycles. The second-order valence-corrected chi connectivity index (χ2v) is 3.69. The normalized spacial score (nSPS) is 9.85. The van der Waals surface area contributed by atoms with Gasteiger partial charge in [-0.25, -0.2) is 4.79 Å². The van der Waals surface area contributed by atoms with E-state index in [1.807, 2.05) is 6.07 Å². The monoisotopic (exact) mass is 275 g/mol. The number of anilines is 3. The number of amides is 1. The third kappa shape index (κ3) is 3.05. The predicted molar refractivity (Wildman–Crippen MR) is 73.5 cm³/mol. The molecule has 1 aromatic heterocycles. The number of ether oxygens (including phenoxy) is 2. The zero-order chi connectivity index (χ0) is 14.5. The quantitative estimate of drug-likeness (QED) is 0.769. The van der Waals surface area contributed by atoms with Gasteiger partial charge in [0.25, 0.3) is 5.88 Å². The Kier molecular flexibility index (Phi) is 3.85. The number of rotatable bonds is 3. The largest absolute Gasteiger partial charge is 0.479 e. The summed E-state index contributed by atoms with van der Waals surface area (Å²) >= 11 is 0. The lowest BCUT2D eigenvalue weighted by atomic mass is 10.3. The predicted octanol–water partition coefficient (Wildman–Crippen LogP) is 1.26. The van der Waals surface area contributed by atoms with E-state index in [0.29, 0.717) is 5.69 Å². The second-order valence-electron chi connectivity index (χ2n) is 3.69. The van der Waals surface area contributed by atoms with Crippen LogP contribution in [0.3, 0.4) is 0 Å². The number of benzene rings is 1. The fourth-order valence-electron chi connectivity index (χ4n) is 1.43. The van der Waals surface area contributed by atoms with Gasteiger partial charge in [0.2, 0.25) is 11.8 Å². The molecule has 2 aromatic rings. The second kappa shape index (κ2) is 5.74. The van der Waals surface area contributed by atoms with Gasteiger partial charge >= 0.3 is 6.09 Å². The maximum absolute atomic E-state index is 11.7. The summed E-state index contributed by atoms with van der Waals surface area (Å²) in [5, 5.41) is 2.52. The average molecular weight is 275 g/mol. The first-order valence-electron chi connectivity index (χ1n) is 5.61. The summed E-state index contributed by atoms with van der Waals surface area (Å²) in [4.78, 5) is 19.2. The molecular formula is C12H13N5O3. The van der Waals surface area contributed by atoms with Gasteiger partial charge in [0.05, 0.1) is 7.11 Å². The highest BCUT2D eigenvalue weighted by Crippen LogP contribution is 2.28. The molecule has 8 nitrogen and oxygen atoms in total. The Hall–Kier alpha value is -3.03. The van der Waals surface area contributed by atoms with Crippen LogP contribution in [0.1, 0.15) is 0 Å². The molecule has 0 unspecified atom stereocenters. The number of aromatic nitrogens is 2. The summed E-state index contributed by atoms with van der Waals surface area (Å²) in [5.74, 6) is -0.235. The Bertz CT molecular complexity index is 618. The minimum atomic E-state index is -0.747. The summed E-state index contributed by atoms with van der Waals surface area (Å²) in [6.07, 6.45) is -0.747. The van der Waals surface area contributed by atoms with Crippen molar-refractivity contribution in [3.05, 3.63) is 30.3 Å². The Morgan fingerprint density at radius 2 is 1.80 bits per heavy atom. The Labute approximate surface area is 114 Å². The molecule has 1 aromatic carbocycles. The van der Waals surface area contributed by atoms with Crippen LogP contribution in [0, 0.1) is 0 Å². The molecule has 0 radical (unpaired) electrons. The van der Waals surface area contributed by atoms with Gasteiger partial charge in [0, 0.05) is 5.69 Å². The van der Waals surface area contributed by atoms with Crippen molar-refractivity contribution < 1.29 is 14.3 Å². The first-order chi connectivity index (χ1) is 9.60. The van der Waals surface area contributed by atoms with E-state index in [4.69, 9.17) is 20.9 Å². The molecule has 0 aliphatic carbocycles. The zero-order valence-corrected chi connectivity index (χ0v) is 10.7. The first-order valence-corrected chi connectivity index (χ1v) is 5.61. The van der Waals surface area contributed by atoms with Gasteiger partial charge in [-0.3, -0.25) is 5.32 Å². The van der Waals surface area contributed by atoms with Crippen LogP contribution in [0.4, 0.5) is 22.1 Å². The average Bonchev–Trinajstić information content (AvgIpc) is 2.43. The Morgan fingerprint density at radius 1 is 1.15 bits per heavy atom. The molecule has 8 heteroatoms. The molecule has 104 valence electrons. The van der Waals surface area contributed by atoms with Gasteiger partial charge in [-0.05, 0) is 12.1 Å². The number of nitrogens with one attached hydrogen (secondary N) is 1. The molecule has 0 saturated carbocycles. The molecule has 0 atom stereocenters. The van der Waals surface area contributed by atoms with Gasteiger partial charge in [-0.2, -0.15) is 9.97 Å².